The maximum atomic E-state index is 11.2. The molecule has 1 aromatic carbocycles. The molecule has 0 spiro atoms. The molecular formula is C12H13N3O2. The third-order valence-electron chi connectivity index (χ3n) is 2.13. The van der Waals surface area contributed by atoms with Gasteiger partial charge in [-0.05, 0) is 17.5 Å². The van der Waals surface area contributed by atoms with Crippen molar-refractivity contribution in [2.45, 2.75) is 12.5 Å². The van der Waals surface area contributed by atoms with E-state index in [0.717, 1.165) is 5.56 Å². The lowest BCUT2D eigenvalue weighted by Crippen LogP contribution is -2.18. The number of carbonyl (C=O) groups excluding carboxylic acids is 1. The van der Waals surface area contributed by atoms with Crippen molar-refractivity contribution >= 4 is 12.0 Å². The van der Waals surface area contributed by atoms with Gasteiger partial charge in [-0.2, -0.15) is 0 Å². The minimum absolute atomic E-state index is 0.325. The fourth-order valence-electron chi connectivity index (χ4n) is 1.29. The second-order valence-corrected chi connectivity index (χ2v) is 3.29. The van der Waals surface area contributed by atoms with Crippen molar-refractivity contribution in [2.75, 3.05) is 7.11 Å². The molecule has 1 aromatic rings. The van der Waals surface area contributed by atoms with Crippen LogP contribution in [0.15, 0.2) is 41.5 Å². The molecule has 0 saturated carbocycles. The first-order chi connectivity index (χ1) is 8.27. The van der Waals surface area contributed by atoms with E-state index < -0.39 is 12.0 Å². The molecule has 1 atom stereocenters. The molecule has 0 aliphatic rings. The Bertz CT molecular complexity index is 436. The number of azide groups is 1. The highest BCUT2D eigenvalue weighted by Crippen LogP contribution is 2.06. The van der Waals surface area contributed by atoms with Crippen LogP contribution in [0.4, 0.5) is 0 Å². The summed E-state index contributed by atoms with van der Waals surface area (Å²) in [6, 6.07) is 8.85. The van der Waals surface area contributed by atoms with Gasteiger partial charge in [0.15, 0.2) is 0 Å². The van der Waals surface area contributed by atoms with Gasteiger partial charge in [0.2, 0.25) is 0 Å². The Balaban J connectivity index is 2.61. The van der Waals surface area contributed by atoms with Crippen molar-refractivity contribution in [3.63, 3.8) is 0 Å². The molecule has 0 aliphatic heterocycles. The van der Waals surface area contributed by atoms with Crippen LogP contribution in [0, 0.1) is 0 Å². The number of ether oxygens (including phenoxy) is 1. The first-order valence-electron chi connectivity index (χ1n) is 5.11. The predicted octanol–water partition coefficient (Wildman–Crippen LogP) is 2.94. The fraction of sp³-hybridized carbons (Fsp3) is 0.250. The zero-order valence-electron chi connectivity index (χ0n) is 9.48. The molecule has 5 nitrogen and oxygen atoms in total. The van der Waals surface area contributed by atoms with Gasteiger partial charge in [0.25, 0.3) is 0 Å². The molecule has 0 heterocycles. The van der Waals surface area contributed by atoms with E-state index in [0.29, 0.717) is 6.42 Å². The number of esters is 1. The van der Waals surface area contributed by atoms with Crippen molar-refractivity contribution < 1.29 is 9.53 Å². The van der Waals surface area contributed by atoms with Gasteiger partial charge in [0.1, 0.15) is 6.04 Å². The Morgan fingerprint density at radius 3 is 2.82 bits per heavy atom. The molecule has 88 valence electrons. The van der Waals surface area contributed by atoms with Crippen LogP contribution < -0.4 is 0 Å². The number of carbonyl (C=O) groups is 1. The van der Waals surface area contributed by atoms with Crippen molar-refractivity contribution in [1.29, 1.82) is 0 Å². The molecule has 17 heavy (non-hydrogen) atoms. The summed E-state index contributed by atoms with van der Waals surface area (Å²) in [6.07, 6.45) is 3.97. The summed E-state index contributed by atoms with van der Waals surface area (Å²) in [5.74, 6) is -0.527. The molecule has 0 aliphatic carbocycles. The molecule has 0 bridgehead atoms. The quantitative estimate of drug-likeness (QED) is 0.338. The monoisotopic (exact) mass is 231 g/mol. The first-order valence-corrected chi connectivity index (χ1v) is 5.11. The van der Waals surface area contributed by atoms with Crippen molar-refractivity contribution in [1.82, 2.24) is 0 Å². The van der Waals surface area contributed by atoms with Crippen LogP contribution in [0.5, 0.6) is 0 Å². The first kappa shape index (κ1) is 12.8. The zero-order chi connectivity index (χ0) is 12.5. The molecule has 0 radical (unpaired) electrons. The number of nitrogens with zero attached hydrogens (tertiary/aromatic N) is 3. The van der Waals surface area contributed by atoms with Gasteiger partial charge in [-0.25, -0.2) is 0 Å². The van der Waals surface area contributed by atoms with Gasteiger partial charge in [-0.3, -0.25) is 4.79 Å². The summed E-state index contributed by atoms with van der Waals surface area (Å²) in [6.45, 7) is 0. The standard InChI is InChI=1S/C12H13N3O2/c1-17-12(16)11(14-15-13)9-5-8-10-6-3-2-4-7-10/h2-8,11H,9H2,1H3/b8-5+. The van der Waals surface area contributed by atoms with Gasteiger partial charge in [0.05, 0.1) is 7.11 Å². The maximum Gasteiger partial charge on any atom is 0.314 e. The minimum Gasteiger partial charge on any atom is -0.469 e. The SMILES string of the molecule is COC(=O)C(C/C=C/c1ccccc1)N=[N+]=[N-]. The average molecular weight is 231 g/mol. The van der Waals surface area contributed by atoms with E-state index in [1.165, 1.54) is 7.11 Å². The Morgan fingerprint density at radius 2 is 2.24 bits per heavy atom. The highest BCUT2D eigenvalue weighted by Gasteiger charge is 2.14. The van der Waals surface area contributed by atoms with Crippen LogP contribution in [0.25, 0.3) is 16.5 Å². The molecular weight excluding hydrogens is 218 g/mol. The Labute approximate surface area is 99.3 Å². The second kappa shape index (κ2) is 7.09. The van der Waals surface area contributed by atoms with E-state index in [-0.39, 0.29) is 0 Å². The molecule has 1 unspecified atom stereocenters. The topological polar surface area (TPSA) is 75.1 Å². The number of methoxy groups -OCH3 is 1. The summed E-state index contributed by atoms with van der Waals surface area (Å²) in [5, 5.41) is 3.38. The van der Waals surface area contributed by atoms with Crippen molar-refractivity contribution in [3.8, 4) is 0 Å². The van der Waals surface area contributed by atoms with Crippen LogP contribution in [0.3, 0.4) is 0 Å². The van der Waals surface area contributed by atoms with Gasteiger partial charge >= 0.3 is 5.97 Å². The number of benzene rings is 1. The lowest BCUT2D eigenvalue weighted by atomic mass is 10.1. The van der Waals surface area contributed by atoms with Gasteiger partial charge in [-0.15, -0.1) is 0 Å². The number of hydrogen-bond acceptors (Lipinski definition) is 3. The summed E-state index contributed by atoms with van der Waals surface area (Å²) in [5.41, 5.74) is 9.35. The second-order valence-electron chi connectivity index (χ2n) is 3.29. The van der Waals surface area contributed by atoms with Gasteiger partial charge in [-0.1, -0.05) is 47.6 Å². The lowest BCUT2D eigenvalue weighted by molar-refractivity contribution is -0.142. The van der Waals surface area contributed by atoms with E-state index in [2.05, 4.69) is 14.8 Å². The molecule has 1 rings (SSSR count). The number of hydrogen-bond donors (Lipinski definition) is 0. The Kier molecular flexibility index (Phi) is 5.34. The van der Waals surface area contributed by atoms with Crippen LogP contribution in [-0.2, 0) is 9.53 Å². The minimum atomic E-state index is -0.801. The Hall–Kier alpha value is -2.26. The van der Waals surface area contributed by atoms with E-state index >= 15 is 0 Å². The third-order valence-corrected chi connectivity index (χ3v) is 2.13. The van der Waals surface area contributed by atoms with Crippen LogP contribution in [0.1, 0.15) is 12.0 Å². The third kappa shape index (κ3) is 4.40. The van der Waals surface area contributed by atoms with E-state index in [1.54, 1.807) is 6.08 Å². The fourth-order valence-corrected chi connectivity index (χ4v) is 1.29. The lowest BCUT2D eigenvalue weighted by Gasteiger charge is -2.04. The Morgan fingerprint density at radius 1 is 1.53 bits per heavy atom. The van der Waals surface area contributed by atoms with Crippen molar-refractivity contribution in [3.05, 3.63) is 52.4 Å². The molecule has 0 fully saturated rings. The highest BCUT2D eigenvalue weighted by molar-refractivity contribution is 5.76. The average Bonchev–Trinajstić information content (AvgIpc) is 2.38. The van der Waals surface area contributed by atoms with Crippen LogP contribution >= 0.6 is 0 Å². The summed E-state index contributed by atoms with van der Waals surface area (Å²) in [4.78, 5) is 13.8. The summed E-state index contributed by atoms with van der Waals surface area (Å²) in [7, 11) is 1.27. The van der Waals surface area contributed by atoms with E-state index in [9.17, 15) is 4.79 Å². The van der Waals surface area contributed by atoms with Gasteiger partial charge in [0, 0.05) is 4.91 Å². The molecule has 0 amide bonds. The predicted molar refractivity (Wildman–Crippen MR) is 65.0 cm³/mol. The normalized spacial score (nSPS) is 11.8. The largest absolute Gasteiger partial charge is 0.469 e. The molecule has 0 saturated heterocycles. The van der Waals surface area contributed by atoms with Crippen LogP contribution in [-0.4, -0.2) is 19.1 Å². The summed E-state index contributed by atoms with van der Waals surface area (Å²) < 4.78 is 4.53. The van der Waals surface area contributed by atoms with Crippen molar-refractivity contribution in [2.24, 2.45) is 5.11 Å². The highest BCUT2D eigenvalue weighted by atomic mass is 16.5. The molecule has 0 N–H and O–H groups in total. The number of rotatable bonds is 5. The van der Waals surface area contributed by atoms with E-state index in [4.69, 9.17) is 5.53 Å². The smallest absolute Gasteiger partial charge is 0.314 e. The zero-order valence-corrected chi connectivity index (χ0v) is 9.48. The van der Waals surface area contributed by atoms with Gasteiger partial charge < -0.3 is 4.74 Å². The maximum absolute atomic E-state index is 11.2. The summed E-state index contributed by atoms with van der Waals surface area (Å²) >= 11 is 0. The molecule has 5 heteroatoms. The van der Waals surface area contributed by atoms with Crippen LogP contribution in [0.2, 0.25) is 0 Å². The van der Waals surface area contributed by atoms with E-state index in [1.807, 2.05) is 36.4 Å². The molecule has 0 aromatic heterocycles.